The number of benzene rings is 2. The van der Waals surface area contributed by atoms with E-state index in [1.807, 2.05) is 13.0 Å². The van der Waals surface area contributed by atoms with Crippen LogP contribution in [0.3, 0.4) is 0 Å². The maximum atomic E-state index is 15.2. The zero-order valence-corrected chi connectivity index (χ0v) is 25.7. The van der Waals surface area contributed by atoms with Crippen molar-refractivity contribution in [2.24, 2.45) is 17.3 Å². The average molecular weight is 587 g/mol. The number of nitrogens with zero attached hydrogens (tertiary/aromatic N) is 2. The molecule has 0 unspecified atom stereocenters. The number of carbonyl (C=O) groups is 1. The van der Waals surface area contributed by atoms with Gasteiger partial charge in [0.05, 0.1) is 19.2 Å². The number of likely N-dealkylation sites (tertiary alicyclic amines) is 1. The number of fused-ring (bicyclic) bond motifs is 1. The van der Waals surface area contributed by atoms with Gasteiger partial charge in [0, 0.05) is 24.7 Å². The van der Waals surface area contributed by atoms with Crippen molar-refractivity contribution in [2.45, 2.75) is 77.9 Å². The molecule has 7 heteroatoms. The van der Waals surface area contributed by atoms with Crippen LogP contribution in [0.2, 0.25) is 0 Å². The molecule has 1 N–H and O–H groups in total. The molecule has 2 aromatic carbocycles. The largest absolute Gasteiger partial charge is 0.485 e. The summed E-state index contributed by atoms with van der Waals surface area (Å²) in [6.45, 7) is 9.18. The van der Waals surface area contributed by atoms with E-state index >= 15 is 4.39 Å². The number of pyridine rings is 1. The summed E-state index contributed by atoms with van der Waals surface area (Å²) in [5.41, 5.74) is 5.94. The summed E-state index contributed by atoms with van der Waals surface area (Å²) in [5, 5.41) is 9.77. The molecule has 3 heterocycles. The Hall–Kier alpha value is -3.45. The zero-order chi connectivity index (χ0) is 30.3. The van der Waals surface area contributed by atoms with Gasteiger partial charge in [0.2, 0.25) is 5.88 Å². The van der Waals surface area contributed by atoms with Crippen LogP contribution in [0.5, 0.6) is 11.6 Å². The number of ether oxygens (including phenoxy) is 2. The Bertz CT molecular complexity index is 1500. The van der Waals surface area contributed by atoms with E-state index in [-0.39, 0.29) is 23.3 Å². The van der Waals surface area contributed by atoms with Crippen molar-refractivity contribution >= 4 is 5.97 Å². The van der Waals surface area contributed by atoms with Crippen molar-refractivity contribution in [1.29, 1.82) is 0 Å². The molecule has 1 aliphatic carbocycles. The Morgan fingerprint density at radius 3 is 2.70 bits per heavy atom. The molecule has 43 heavy (non-hydrogen) atoms. The first kappa shape index (κ1) is 29.6. The predicted molar refractivity (Wildman–Crippen MR) is 165 cm³/mol. The summed E-state index contributed by atoms with van der Waals surface area (Å²) in [4.78, 5) is 18.4. The van der Waals surface area contributed by atoms with Gasteiger partial charge in [0.15, 0.2) is 0 Å². The summed E-state index contributed by atoms with van der Waals surface area (Å²) in [5.74, 6) is 0.100. The number of aromatic nitrogens is 1. The highest BCUT2D eigenvalue weighted by molar-refractivity contribution is 5.71. The number of methoxy groups -OCH3 is 1. The average Bonchev–Trinajstić information content (AvgIpc) is 3.82. The van der Waals surface area contributed by atoms with Gasteiger partial charge in [-0.05, 0) is 96.2 Å². The van der Waals surface area contributed by atoms with Gasteiger partial charge in [-0.25, -0.2) is 9.37 Å². The molecule has 0 spiro atoms. The molecule has 1 aromatic heterocycles. The van der Waals surface area contributed by atoms with E-state index < -0.39 is 11.9 Å². The smallest absolute Gasteiger partial charge is 0.306 e. The van der Waals surface area contributed by atoms with Crippen LogP contribution in [0.25, 0.3) is 11.1 Å². The quantitative estimate of drug-likeness (QED) is 0.276. The molecule has 2 fully saturated rings. The van der Waals surface area contributed by atoms with Crippen molar-refractivity contribution in [2.75, 3.05) is 20.2 Å². The summed E-state index contributed by atoms with van der Waals surface area (Å²) in [7, 11) is 1.54. The Labute approximate surface area is 254 Å². The van der Waals surface area contributed by atoms with Crippen LogP contribution in [0.1, 0.15) is 87.2 Å². The fourth-order valence-electron chi connectivity index (χ4n) is 7.27. The minimum absolute atomic E-state index is 0.00120. The molecule has 6 nitrogen and oxygen atoms in total. The summed E-state index contributed by atoms with van der Waals surface area (Å²) in [6.07, 6.45) is 7.33. The highest BCUT2D eigenvalue weighted by atomic mass is 19.1. The number of rotatable bonds is 9. The van der Waals surface area contributed by atoms with Gasteiger partial charge in [-0.2, -0.15) is 0 Å². The number of carboxylic acids is 1. The predicted octanol–water partition coefficient (Wildman–Crippen LogP) is 7.80. The molecule has 228 valence electrons. The highest BCUT2D eigenvalue weighted by Gasteiger charge is 2.39. The van der Waals surface area contributed by atoms with Crippen molar-refractivity contribution in [3.8, 4) is 22.8 Å². The van der Waals surface area contributed by atoms with E-state index in [0.717, 1.165) is 85.3 Å². The third-order valence-electron chi connectivity index (χ3n) is 9.68. The first-order valence-electron chi connectivity index (χ1n) is 15.7. The second-order valence-electron chi connectivity index (χ2n) is 13.6. The lowest BCUT2D eigenvalue weighted by Gasteiger charge is -2.38. The number of piperidine rings is 1. The standard InChI is InChI=1S/C36H43FN2O4/c1-22(35(40)41)34(24-7-8-24)26-9-6-23-11-13-31(43-32(23)17-26)25-10-12-28(29-18-33(42-4)38-19-30(29)37)27(16-25)20-39-15-5-14-36(2,3)21-39/h6,9-10,12,16-19,22,24,31,34H,5,7-8,11,13-15,20-21H2,1-4H3,(H,40,41)/t22-,31+,34-/m0/s1. The fraction of sp³-hybridized carbons (Fsp3) is 0.500. The molecule has 0 bridgehead atoms. The molecule has 3 aliphatic rings. The van der Waals surface area contributed by atoms with Crippen LogP contribution in [0, 0.1) is 23.1 Å². The van der Waals surface area contributed by atoms with Crippen LogP contribution in [-0.2, 0) is 17.8 Å². The minimum atomic E-state index is -0.749. The Morgan fingerprint density at radius 1 is 1.16 bits per heavy atom. The van der Waals surface area contributed by atoms with E-state index in [9.17, 15) is 9.90 Å². The van der Waals surface area contributed by atoms with Crippen LogP contribution >= 0.6 is 0 Å². The lowest BCUT2D eigenvalue weighted by molar-refractivity contribution is -0.142. The SMILES string of the molecule is COc1cc(-c2ccc([C@H]3CCc4ccc([C@H](C5CC5)[C@H](C)C(=O)O)cc4O3)cc2CN2CCCC(C)(C)C2)c(F)cn1. The lowest BCUT2D eigenvalue weighted by Crippen LogP contribution is -2.39. The maximum absolute atomic E-state index is 15.2. The number of carboxylic acid groups (broad SMARTS) is 1. The molecule has 0 amide bonds. The summed E-state index contributed by atoms with van der Waals surface area (Å²) >= 11 is 0. The van der Waals surface area contributed by atoms with Gasteiger partial charge in [0.1, 0.15) is 17.7 Å². The molecular formula is C36H43FN2O4. The third-order valence-corrected chi connectivity index (χ3v) is 9.68. The monoisotopic (exact) mass is 586 g/mol. The molecule has 2 aliphatic heterocycles. The van der Waals surface area contributed by atoms with Crippen molar-refractivity contribution in [1.82, 2.24) is 9.88 Å². The third kappa shape index (κ3) is 6.42. The van der Waals surface area contributed by atoms with E-state index in [0.29, 0.717) is 17.4 Å². The lowest BCUT2D eigenvalue weighted by atomic mass is 9.82. The molecule has 1 saturated heterocycles. The van der Waals surface area contributed by atoms with Crippen molar-refractivity contribution in [3.05, 3.63) is 76.7 Å². The second kappa shape index (κ2) is 11.9. The molecule has 1 saturated carbocycles. The number of hydrogen-bond acceptors (Lipinski definition) is 5. The maximum Gasteiger partial charge on any atom is 0.306 e. The molecule has 0 radical (unpaired) electrons. The molecule has 6 rings (SSSR count). The number of hydrogen-bond donors (Lipinski definition) is 1. The van der Waals surface area contributed by atoms with Crippen LogP contribution in [0.15, 0.2) is 48.7 Å². The van der Waals surface area contributed by atoms with Crippen LogP contribution in [-0.4, -0.2) is 41.2 Å². The van der Waals surface area contributed by atoms with Gasteiger partial charge >= 0.3 is 5.97 Å². The van der Waals surface area contributed by atoms with Crippen LogP contribution in [0.4, 0.5) is 4.39 Å². The first-order chi connectivity index (χ1) is 20.6. The highest BCUT2D eigenvalue weighted by Crippen LogP contribution is 2.48. The van der Waals surface area contributed by atoms with Gasteiger partial charge in [-0.15, -0.1) is 0 Å². The number of halogens is 1. The normalized spacial score (nSPS) is 21.4. The summed E-state index contributed by atoms with van der Waals surface area (Å²) in [6, 6.07) is 14.3. The van der Waals surface area contributed by atoms with Crippen molar-refractivity contribution < 1.29 is 23.8 Å². The number of aryl methyl sites for hydroxylation is 1. The van der Waals surface area contributed by atoms with Crippen LogP contribution < -0.4 is 9.47 Å². The van der Waals surface area contributed by atoms with E-state index in [1.54, 1.807) is 13.2 Å². The molecular weight excluding hydrogens is 543 g/mol. The van der Waals surface area contributed by atoms with E-state index in [4.69, 9.17) is 9.47 Å². The van der Waals surface area contributed by atoms with E-state index in [1.165, 1.54) is 12.6 Å². The van der Waals surface area contributed by atoms with Gasteiger partial charge in [-0.3, -0.25) is 9.69 Å². The zero-order valence-electron chi connectivity index (χ0n) is 25.7. The molecule has 3 atom stereocenters. The fourth-order valence-corrected chi connectivity index (χ4v) is 7.27. The van der Waals surface area contributed by atoms with Gasteiger partial charge in [-0.1, -0.05) is 51.1 Å². The minimum Gasteiger partial charge on any atom is -0.485 e. The second-order valence-corrected chi connectivity index (χ2v) is 13.6. The van der Waals surface area contributed by atoms with Gasteiger partial charge < -0.3 is 14.6 Å². The Morgan fingerprint density at radius 2 is 1.98 bits per heavy atom. The Balaban J connectivity index is 1.32. The van der Waals surface area contributed by atoms with E-state index in [2.05, 4.69) is 54.1 Å². The van der Waals surface area contributed by atoms with Gasteiger partial charge in [0.25, 0.3) is 0 Å². The Kier molecular flexibility index (Phi) is 8.20. The summed E-state index contributed by atoms with van der Waals surface area (Å²) < 4.78 is 27.2. The topological polar surface area (TPSA) is 71.9 Å². The molecule has 3 aromatic rings. The van der Waals surface area contributed by atoms with Crippen molar-refractivity contribution in [3.63, 3.8) is 0 Å². The first-order valence-corrected chi connectivity index (χ1v) is 15.7. The number of aliphatic carboxylic acids is 1.